The predicted octanol–water partition coefficient (Wildman–Crippen LogP) is 2.77. The Labute approximate surface area is 101 Å². The molecule has 0 atom stereocenters. The van der Waals surface area contributed by atoms with Crippen molar-refractivity contribution in [1.29, 1.82) is 0 Å². The van der Waals surface area contributed by atoms with Crippen molar-refractivity contribution in [2.45, 2.75) is 38.6 Å². The van der Waals surface area contributed by atoms with Crippen LogP contribution in [0.5, 0.6) is 0 Å². The quantitative estimate of drug-likeness (QED) is 0.844. The normalized spacial score (nSPS) is 24.3. The maximum absolute atomic E-state index is 10.8. The monoisotopic (exact) mass is 234 g/mol. The third-order valence-corrected chi connectivity index (χ3v) is 3.34. The van der Waals surface area contributed by atoms with E-state index in [0.717, 1.165) is 18.8 Å². The molecule has 4 heteroatoms. The van der Waals surface area contributed by atoms with Gasteiger partial charge in [-0.15, -0.1) is 0 Å². The third-order valence-electron chi connectivity index (χ3n) is 3.34. The molecule has 1 fully saturated rings. The van der Waals surface area contributed by atoms with Crippen LogP contribution in [0.3, 0.4) is 0 Å². The number of hydrogen-bond acceptors (Lipinski definition) is 3. The molecule has 0 saturated heterocycles. The summed E-state index contributed by atoms with van der Waals surface area (Å²) in [5.41, 5.74) is 0.0965. The molecule has 1 aromatic heterocycles. The number of carboxylic acid groups (broad SMARTS) is 1. The zero-order chi connectivity index (χ0) is 12.3. The number of aromatic carboxylic acids is 1. The highest BCUT2D eigenvalue weighted by molar-refractivity contribution is 5.85. The fourth-order valence-electron chi connectivity index (χ4n) is 2.25. The van der Waals surface area contributed by atoms with Crippen molar-refractivity contribution < 1.29 is 9.90 Å². The van der Waals surface area contributed by atoms with Gasteiger partial charge in [-0.2, -0.15) is 0 Å². The highest BCUT2D eigenvalue weighted by Crippen LogP contribution is 2.25. The summed E-state index contributed by atoms with van der Waals surface area (Å²) in [6.45, 7) is 2.28. The number of rotatable bonds is 3. The molecule has 1 heterocycles. The van der Waals surface area contributed by atoms with Crippen LogP contribution < -0.4 is 5.32 Å². The molecule has 17 heavy (non-hydrogen) atoms. The van der Waals surface area contributed by atoms with Crippen molar-refractivity contribution in [2.75, 3.05) is 5.32 Å². The van der Waals surface area contributed by atoms with Crippen molar-refractivity contribution in [3.63, 3.8) is 0 Å². The summed E-state index contributed by atoms with van der Waals surface area (Å²) < 4.78 is 0. The van der Waals surface area contributed by atoms with Crippen LogP contribution in [-0.2, 0) is 0 Å². The maximum atomic E-state index is 10.8. The molecule has 4 nitrogen and oxygen atoms in total. The molecular weight excluding hydrogens is 216 g/mol. The van der Waals surface area contributed by atoms with E-state index in [1.165, 1.54) is 18.9 Å². The number of aromatic nitrogens is 1. The lowest BCUT2D eigenvalue weighted by molar-refractivity contribution is 0.0690. The maximum Gasteiger partial charge on any atom is 0.354 e. The fraction of sp³-hybridized carbons (Fsp3) is 0.538. The van der Waals surface area contributed by atoms with Crippen LogP contribution in [0.2, 0.25) is 0 Å². The Hall–Kier alpha value is -1.58. The summed E-state index contributed by atoms with van der Waals surface area (Å²) in [7, 11) is 0. The van der Waals surface area contributed by atoms with Crippen LogP contribution in [0.25, 0.3) is 0 Å². The average Bonchev–Trinajstić information content (AvgIpc) is 2.32. The molecule has 0 bridgehead atoms. The van der Waals surface area contributed by atoms with E-state index in [-0.39, 0.29) is 5.69 Å². The van der Waals surface area contributed by atoms with Gasteiger partial charge in [-0.25, -0.2) is 9.78 Å². The Balaban J connectivity index is 1.98. The molecule has 0 spiro atoms. The molecule has 0 radical (unpaired) electrons. The number of nitrogens with zero attached hydrogens (tertiary/aromatic N) is 1. The lowest BCUT2D eigenvalue weighted by Crippen LogP contribution is -2.25. The summed E-state index contributed by atoms with van der Waals surface area (Å²) in [6, 6.07) is 5.49. The Bertz CT molecular complexity index is 398. The second-order valence-electron chi connectivity index (χ2n) is 4.81. The lowest BCUT2D eigenvalue weighted by Gasteiger charge is -2.27. The number of nitrogens with one attached hydrogen (secondary N) is 1. The molecule has 1 aliphatic rings. The molecule has 0 unspecified atom stereocenters. The highest BCUT2D eigenvalue weighted by Gasteiger charge is 2.18. The van der Waals surface area contributed by atoms with E-state index < -0.39 is 5.97 Å². The van der Waals surface area contributed by atoms with Crippen LogP contribution >= 0.6 is 0 Å². The van der Waals surface area contributed by atoms with Crippen molar-refractivity contribution >= 4 is 11.8 Å². The van der Waals surface area contributed by atoms with E-state index >= 15 is 0 Å². The molecule has 92 valence electrons. The van der Waals surface area contributed by atoms with Crippen molar-refractivity contribution in [3.8, 4) is 0 Å². The number of hydrogen-bond donors (Lipinski definition) is 2. The first kappa shape index (κ1) is 11.9. The largest absolute Gasteiger partial charge is 0.477 e. The number of carboxylic acids is 1. The zero-order valence-electron chi connectivity index (χ0n) is 10.0. The minimum Gasteiger partial charge on any atom is -0.477 e. The third kappa shape index (κ3) is 3.19. The van der Waals surface area contributed by atoms with E-state index in [1.807, 2.05) is 6.07 Å². The molecule has 2 rings (SSSR count). The minimum absolute atomic E-state index is 0.0965. The van der Waals surface area contributed by atoms with Gasteiger partial charge in [-0.05, 0) is 43.7 Å². The molecule has 1 aromatic rings. The highest BCUT2D eigenvalue weighted by atomic mass is 16.4. The van der Waals surface area contributed by atoms with Crippen molar-refractivity contribution in [3.05, 3.63) is 23.9 Å². The van der Waals surface area contributed by atoms with Gasteiger partial charge in [0.25, 0.3) is 0 Å². The first-order valence-electron chi connectivity index (χ1n) is 6.12. The van der Waals surface area contributed by atoms with Crippen molar-refractivity contribution in [1.82, 2.24) is 4.98 Å². The second kappa shape index (κ2) is 5.17. The summed E-state index contributed by atoms with van der Waals surface area (Å²) in [5, 5.41) is 12.2. The van der Waals surface area contributed by atoms with E-state index in [2.05, 4.69) is 17.2 Å². The zero-order valence-corrected chi connectivity index (χ0v) is 10.0. The van der Waals surface area contributed by atoms with Gasteiger partial charge in [-0.1, -0.05) is 13.0 Å². The molecular formula is C13H18N2O2. The molecule has 0 aliphatic heterocycles. The Morgan fingerprint density at radius 1 is 1.35 bits per heavy atom. The SMILES string of the molecule is CC1CCC(Nc2cccc(C(=O)O)n2)CC1. The molecule has 0 aromatic carbocycles. The second-order valence-corrected chi connectivity index (χ2v) is 4.81. The smallest absolute Gasteiger partial charge is 0.354 e. The van der Waals surface area contributed by atoms with Gasteiger partial charge in [0.1, 0.15) is 5.82 Å². The van der Waals surface area contributed by atoms with Gasteiger partial charge in [0.05, 0.1) is 0 Å². The molecule has 0 amide bonds. The summed E-state index contributed by atoms with van der Waals surface area (Å²) >= 11 is 0. The first-order valence-corrected chi connectivity index (χ1v) is 6.12. The first-order chi connectivity index (χ1) is 8.15. The van der Waals surface area contributed by atoms with E-state index in [0.29, 0.717) is 11.9 Å². The van der Waals surface area contributed by atoms with Gasteiger partial charge in [-0.3, -0.25) is 0 Å². The van der Waals surface area contributed by atoms with Gasteiger partial charge in [0.2, 0.25) is 0 Å². The fourth-order valence-corrected chi connectivity index (χ4v) is 2.25. The molecule has 1 saturated carbocycles. The number of carbonyl (C=O) groups is 1. The minimum atomic E-state index is -0.981. The Morgan fingerprint density at radius 3 is 2.71 bits per heavy atom. The summed E-state index contributed by atoms with van der Waals surface area (Å²) in [5.74, 6) is 0.502. The standard InChI is InChI=1S/C13H18N2O2/c1-9-5-7-10(8-6-9)14-12-4-2-3-11(15-12)13(16)17/h2-4,9-10H,5-8H2,1H3,(H,14,15)(H,16,17). The topological polar surface area (TPSA) is 62.2 Å². The van der Waals surface area contributed by atoms with Crippen LogP contribution in [0, 0.1) is 5.92 Å². The van der Waals surface area contributed by atoms with Gasteiger partial charge in [0, 0.05) is 6.04 Å². The van der Waals surface area contributed by atoms with Crippen LogP contribution in [0.15, 0.2) is 18.2 Å². The molecule has 1 aliphatic carbocycles. The average molecular weight is 234 g/mol. The Kier molecular flexibility index (Phi) is 3.61. The summed E-state index contributed by atoms with van der Waals surface area (Å²) in [4.78, 5) is 14.9. The lowest BCUT2D eigenvalue weighted by atomic mass is 9.87. The van der Waals surface area contributed by atoms with Crippen LogP contribution in [0.4, 0.5) is 5.82 Å². The summed E-state index contributed by atoms with van der Waals surface area (Å²) in [6.07, 6.45) is 4.74. The number of pyridine rings is 1. The van der Waals surface area contributed by atoms with Crippen LogP contribution in [0.1, 0.15) is 43.1 Å². The van der Waals surface area contributed by atoms with E-state index in [1.54, 1.807) is 6.07 Å². The van der Waals surface area contributed by atoms with E-state index in [9.17, 15) is 4.79 Å². The van der Waals surface area contributed by atoms with Crippen LogP contribution in [-0.4, -0.2) is 22.1 Å². The van der Waals surface area contributed by atoms with Gasteiger partial charge in [0.15, 0.2) is 5.69 Å². The predicted molar refractivity (Wildman–Crippen MR) is 66.2 cm³/mol. The Morgan fingerprint density at radius 2 is 2.06 bits per heavy atom. The van der Waals surface area contributed by atoms with Gasteiger partial charge < -0.3 is 10.4 Å². The molecule has 2 N–H and O–H groups in total. The number of anilines is 1. The van der Waals surface area contributed by atoms with Crippen molar-refractivity contribution in [2.24, 2.45) is 5.92 Å². The van der Waals surface area contributed by atoms with E-state index in [4.69, 9.17) is 5.11 Å². The van der Waals surface area contributed by atoms with Gasteiger partial charge >= 0.3 is 5.97 Å².